The summed E-state index contributed by atoms with van der Waals surface area (Å²) in [5.41, 5.74) is 11.4. The summed E-state index contributed by atoms with van der Waals surface area (Å²) in [6, 6.07) is 66.2. The topological polar surface area (TPSA) is 77.3 Å². The van der Waals surface area contributed by atoms with Crippen LogP contribution in [-0.4, -0.2) is 29.9 Å². The van der Waals surface area contributed by atoms with Crippen molar-refractivity contribution < 1.29 is 20.1 Å². The third-order valence-corrected chi connectivity index (χ3v) is 11.0. The van der Waals surface area contributed by atoms with Gasteiger partial charge in [0, 0.05) is 35.3 Å². The van der Waals surface area contributed by atoms with Crippen LogP contribution in [-0.2, 0) is 32.9 Å². The molecule has 0 saturated carbocycles. The predicted molar refractivity (Wildman–Crippen MR) is 271 cm³/mol. The van der Waals surface area contributed by atoms with Gasteiger partial charge >= 0.3 is 20.1 Å². The standard InChI is InChI=1S/C38H41N4.2C11H8N.Ir/c1-3-5-7-10-14-29-18-22-32(23-19-29)36-40-37(33-24-20-30(21-25-33)15-11-8-6-4-2)42-38(41-36)34-26-27-35(39-28-34)31-16-12-9-13-17-31;2*1-2-6-10(7-3-1)11-8-4-5-9-12-11;/h9,12-13,16,18-28H,3-8,10-11,14-15H2,1-2H3;2*1-6,8-9H;/q3*-1;+3. The zero-order valence-corrected chi connectivity index (χ0v) is 40.9. The molecule has 0 fully saturated rings. The third-order valence-electron chi connectivity index (χ3n) is 11.0. The van der Waals surface area contributed by atoms with Gasteiger partial charge in [-0.1, -0.05) is 137 Å². The molecule has 336 valence electrons. The second-order valence-corrected chi connectivity index (χ2v) is 16.0. The van der Waals surface area contributed by atoms with Crippen molar-refractivity contribution in [3.05, 3.63) is 218 Å². The van der Waals surface area contributed by atoms with Crippen LogP contribution in [0.4, 0.5) is 0 Å². The molecule has 0 aliphatic carbocycles. The normalized spacial score (nSPS) is 10.4. The molecule has 0 aliphatic heterocycles. The summed E-state index contributed by atoms with van der Waals surface area (Å²) in [5.74, 6) is 1.98. The monoisotopic (exact) mass is 1050 g/mol. The summed E-state index contributed by atoms with van der Waals surface area (Å²) in [4.78, 5) is 27.9. The van der Waals surface area contributed by atoms with Crippen molar-refractivity contribution in [3.8, 4) is 67.9 Å². The van der Waals surface area contributed by atoms with Crippen LogP contribution in [0.1, 0.15) is 76.3 Å². The number of unbranched alkanes of at least 4 members (excludes halogenated alkanes) is 6. The number of aryl methyl sites for hydroxylation is 2. The molecule has 0 N–H and O–H groups in total. The van der Waals surface area contributed by atoms with E-state index in [1.807, 2.05) is 128 Å². The van der Waals surface area contributed by atoms with E-state index in [9.17, 15) is 0 Å². The minimum Gasteiger partial charge on any atom is -0.305 e. The summed E-state index contributed by atoms with van der Waals surface area (Å²) in [5, 5.41) is 0. The van der Waals surface area contributed by atoms with Gasteiger partial charge in [-0.25, -0.2) is 15.0 Å². The SMILES string of the molecule is CCCCCCc1ccc(-c2nc(-c3ccc(CCCCCC)cc3)nc(-c3ccc(-c4[c-]cccc4)nc3)n2)cc1.[Ir+3].[c-]1ccccc1-c1ccccn1.[c-]1ccccc1-c1ccccn1. The molecule has 0 radical (unpaired) electrons. The fourth-order valence-electron chi connectivity index (χ4n) is 7.30. The Morgan fingerprint density at radius 2 is 0.746 bits per heavy atom. The van der Waals surface area contributed by atoms with Crippen LogP contribution in [0.2, 0.25) is 0 Å². The minimum atomic E-state index is 0. The molecule has 4 heterocycles. The van der Waals surface area contributed by atoms with Gasteiger partial charge in [0.25, 0.3) is 0 Å². The third kappa shape index (κ3) is 15.7. The second kappa shape index (κ2) is 27.6. The van der Waals surface area contributed by atoms with Gasteiger partial charge in [0.15, 0.2) is 17.5 Å². The van der Waals surface area contributed by atoms with Crippen LogP contribution in [0.5, 0.6) is 0 Å². The number of aromatic nitrogens is 6. The predicted octanol–water partition coefficient (Wildman–Crippen LogP) is 15.1. The molecule has 0 atom stereocenters. The molecule has 6 nitrogen and oxygen atoms in total. The number of hydrogen-bond donors (Lipinski definition) is 0. The van der Waals surface area contributed by atoms with Crippen molar-refractivity contribution in [1.82, 2.24) is 29.9 Å². The van der Waals surface area contributed by atoms with Crippen LogP contribution in [0, 0.1) is 18.2 Å². The Balaban J connectivity index is 0.000000238. The Bertz CT molecular complexity index is 2500. The van der Waals surface area contributed by atoms with Gasteiger partial charge in [-0.2, -0.15) is 0 Å². The molecule has 9 rings (SSSR count). The molecule has 0 aliphatic rings. The quantitative estimate of drug-likeness (QED) is 0.0709. The van der Waals surface area contributed by atoms with E-state index in [0.717, 1.165) is 63.3 Å². The molecule has 7 heteroatoms. The van der Waals surface area contributed by atoms with Gasteiger partial charge in [0.05, 0.1) is 0 Å². The van der Waals surface area contributed by atoms with Gasteiger partial charge in [-0.05, 0) is 66.0 Å². The second-order valence-electron chi connectivity index (χ2n) is 16.0. The molecule has 0 bridgehead atoms. The Morgan fingerprint density at radius 1 is 0.358 bits per heavy atom. The fraction of sp³-hybridized carbons (Fsp3) is 0.200. The first-order valence-corrected chi connectivity index (χ1v) is 23.3. The van der Waals surface area contributed by atoms with Crippen molar-refractivity contribution in [2.75, 3.05) is 0 Å². The van der Waals surface area contributed by atoms with Crippen LogP contribution in [0.15, 0.2) is 188 Å². The van der Waals surface area contributed by atoms with E-state index in [1.165, 1.54) is 62.5 Å². The Kier molecular flexibility index (Phi) is 20.5. The van der Waals surface area contributed by atoms with E-state index >= 15 is 0 Å². The average Bonchev–Trinajstić information content (AvgIpc) is 3.41. The first-order chi connectivity index (χ1) is 32.7. The van der Waals surface area contributed by atoms with Crippen LogP contribution in [0.25, 0.3) is 67.9 Å². The summed E-state index contributed by atoms with van der Waals surface area (Å²) < 4.78 is 0. The van der Waals surface area contributed by atoms with Gasteiger partial charge in [-0.15, -0.1) is 108 Å². The number of hydrogen-bond acceptors (Lipinski definition) is 6. The summed E-state index contributed by atoms with van der Waals surface area (Å²) >= 11 is 0. The Hall–Kier alpha value is -6.79. The first kappa shape index (κ1) is 49.6. The minimum absolute atomic E-state index is 0. The number of rotatable bonds is 16. The molecule has 0 unspecified atom stereocenters. The molecule has 5 aromatic carbocycles. The largest absolute Gasteiger partial charge is 3.00 e. The van der Waals surface area contributed by atoms with E-state index in [-0.39, 0.29) is 20.1 Å². The van der Waals surface area contributed by atoms with Crippen molar-refractivity contribution in [3.63, 3.8) is 0 Å². The van der Waals surface area contributed by atoms with Crippen molar-refractivity contribution in [2.24, 2.45) is 0 Å². The molecule has 4 aromatic heterocycles. The maximum Gasteiger partial charge on any atom is 3.00 e. The zero-order chi connectivity index (χ0) is 45.4. The van der Waals surface area contributed by atoms with Crippen LogP contribution < -0.4 is 0 Å². The maximum absolute atomic E-state index is 4.95. The zero-order valence-electron chi connectivity index (χ0n) is 38.5. The number of nitrogens with zero attached hydrogens (tertiary/aromatic N) is 6. The Morgan fingerprint density at radius 3 is 1.09 bits per heavy atom. The fourth-order valence-corrected chi connectivity index (χ4v) is 7.30. The van der Waals surface area contributed by atoms with Crippen LogP contribution in [0.3, 0.4) is 0 Å². The van der Waals surface area contributed by atoms with Crippen molar-refractivity contribution in [1.29, 1.82) is 0 Å². The van der Waals surface area contributed by atoms with Crippen molar-refractivity contribution >= 4 is 0 Å². The molecular weight excluding hydrogens is 997 g/mol. The number of pyridine rings is 3. The van der Waals surface area contributed by atoms with E-state index in [2.05, 4.69) is 90.5 Å². The summed E-state index contributed by atoms with van der Waals surface area (Å²) in [6.07, 6.45) is 17.8. The average molecular weight is 1050 g/mol. The van der Waals surface area contributed by atoms with E-state index in [4.69, 9.17) is 19.9 Å². The maximum atomic E-state index is 4.95. The molecule has 0 saturated heterocycles. The molecule has 0 amide bonds. The molecule has 9 aromatic rings. The summed E-state index contributed by atoms with van der Waals surface area (Å²) in [6.45, 7) is 4.50. The van der Waals surface area contributed by atoms with Gasteiger partial charge in [0.1, 0.15) is 0 Å². The number of benzene rings is 5. The molecule has 0 spiro atoms. The van der Waals surface area contributed by atoms with E-state index < -0.39 is 0 Å². The first-order valence-electron chi connectivity index (χ1n) is 23.3. The van der Waals surface area contributed by atoms with Gasteiger partial charge in [-0.3, -0.25) is 0 Å². The molecular formula is C60H57IrN6. The van der Waals surface area contributed by atoms with Crippen molar-refractivity contribution in [2.45, 2.75) is 78.1 Å². The molecule has 67 heavy (non-hydrogen) atoms. The van der Waals surface area contributed by atoms with Gasteiger partial charge in [0.2, 0.25) is 0 Å². The van der Waals surface area contributed by atoms with E-state index in [0.29, 0.717) is 17.5 Å². The smallest absolute Gasteiger partial charge is 0.305 e. The summed E-state index contributed by atoms with van der Waals surface area (Å²) in [7, 11) is 0. The van der Waals surface area contributed by atoms with Crippen LogP contribution >= 0.6 is 0 Å². The van der Waals surface area contributed by atoms with E-state index in [1.54, 1.807) is 12.4 Å². The Labute approximate surface area is 411 Å². The van der Waals surface area contributed by atoms with Gasteiger partial charge < -0.3 is 15.0 Å².